The number of hydrogen-bond donors (Lipinski definition) is 2. The molecule has 3 N–H and O–H groups in total. The number of amides is 1. The van der Waals surface area contributed by atoms with Gasteiger partial charge in [-0.1, -0.05) is 26.7 Å². The molecule has 0 radical (unpaired) electrons. The van der Waals surface area contributed by atoms with E-state index in [9.17, 15) is 4.79 Å². The Hall–Kier alpha value is -0.570. The van der Waals surface area contributed by atoms with Crippen LogP contribution in [0, 0.1) is 11.3 Å². The number of carbonyl (C=O) groups excluding carboxylic acids is 1. The molecule has 1 fully saturated rings. The topological polar surface area (TPSA) is 55.1 Å². The molecule has 3 nitrogen and oxygen atoms in total. The molecule has 1 aliphatic rings. The maximum Gasteiger partial charge on any atom is 0.224 e. The molecule has 0 aromatic carbocycles. The third-order valence-corrected chi connectivity index (χ3v) is 4.20. The Morgan fingerprint density at radius 2 is 2.00 bits per heavy atom. The first-order chi connectivity index (χ1) is 7.67. The summed E-state index contributed by atoms with van der Waals surface area (Å²) in [4.78, 5) is 11.8. The first-order valence-electron chi connectivity index (χ1n) is 6.65. The van der Waals surface area contributed by atoms with Crippen LogP contribution in [0.2, 0.25) is 0 Å². The quantitative estimate of drug-likeness (QED) is 0.728. The van der Waals surface area contributed by atoms with E-state index in [-0.39, 0.29) is 11.8 Å². The van der Waals surface area contributed by atoms with E-state index in [1.807, 2.05) is 6.92 Å². The summed E-state index contributed by atoms with van der Waals surface area (Å²) in [5.41, 5.74) is 5.95. The summed E-state index contributed by atoms with van der Waals surface area (Å²) >= 11 is 0. The van der Waals surface area contributed by atoms with Gasteiger partial charge in [-0.3, -0.25) is 4.79 Å². The predicted molar refractivity (Wildman–Crippen MR) is 67.0 cm³/mol. The van der Waals surface area contributed by atoms with Crippen molar-refractivity contribution in [2.75, 3.05) is 13.1 Å². The van der Waals surface area contributed by atoms with E-state index in [4.69, 9.17) is 5.73 Å². The van der Waals surface area contributed by atoms with E-state index in [0.717, 1.165) is 13.0 Å². The summed E-state index contributed by atoms with van der Waals surface area (Å²) in [6, 6.07) is 0. The molecular weight excluding hydrogens is 200 g/mol. The van der Waals surface area contributed by atoms with Crippen LogP contribution in [-0.2, 0) is 4.79 Å². The molecule has 94 valence electrons. The summed E-state index contributed by atoms with van der Waals surface area (Å²) < 4.78 is 0. The molecule has 0 spiro atoms. The second-order valence-electron chi connectivity index (χ2n) is 5.12. The number of nitrogens with one attached hydrogen (secondary N) is 1. The second-order valence-corrected chi connectivity index (χ2v) is 5.12. The fourth-order valence-electron chi connectivity index (χ4n) is 2.66. The average Bonchev–Trinajstić information content (AvgIpc) is 2.77. The van der Waals surface area contributed by atoms with Gasteiger partial charge in [-0.05, 0) is 31.1 Å². The third-order valence-electron chi connectivity index (χ3n) is 4.20. The molecule has 1 rings (SSSR count). The summed E-state index contributed by atoms with van der Waals surface area (Å²) in [5.74, 6) is 0.139. The van der Waals surface area contributed by atoms with E-state index in [2.05, 4.69) is 12.2 Å². The van der Waals surface area contributed by atoms with Gasteiger partial charge in [0, 0.05) is 19.0 Å². The Balaban J connectivity index is 2.40. The normalized spacial score (nSPS) is 20.7. The Bertz CT molecular complexity index is 218. The Morgan fingerprint density at radius 3 is 2.44 bits per heavy atom. The molecule has 1 atom stereocenters. The molecule has 0 heterocycles. The highest BCUT2D eigenvalue weighted by atomic mass is 16.1. The van der Waals surface area contributed by atoms with Gasteiger partial charge in [0.15, 0.2) is 0 Å². The SMILES string of the molecule is CCC(CN)C(=O)NCC1(CC)CCCC1. The van der Waals surface area contributed by atoms with Gasteiger partial charge in [0.1, 0.15) is 0 Å². The predicted octanol–water partition coefficient (Wildman–Crippen LogP) is 2.06. The monoisotopic (exact) mass is 226 g/mol. The van der Waals surface area contributed by atoms with Gasteiger partial charge < -0.3 is 11.1 Å². The highest BCUT2D eigenvalue weighted by Crippen LogP contribution is 2.40. The molecule has 1 unspecified atom stereocenters. The van der Waals surface area contributed by atoms with Crippen molar-refractivity contribution in [3.8, 4) is 0 Å². The van der Waals surface area contributed by atoms with Gasteiger partial charge >= 0.3 is 0 Å². The minimum Gasteiger partial charge on any atom is -0.355 e. The van der Waals surface area contributed by atoms with Gasteiger partial charge in [0.25, 0.3) is 0 Å². The van der Waals surface area contributed by atoms with E-state index in [0.29, 0.717) is 12.0 Å². The minimum absolute atomic E-state index is 0.00434. The molecule has 0 bridgehead atoms. The zero-order chi connectivity index (χ0) is 12.0. The lowest BCUT2D eigenvalue weighted by molar-refractivity contribution is -0.125. The van der Waals surface area contributed by atoms with Gasteiger partial charge in [-0.2, -0.15) is 0 Å². The average molecular weight is 226 g/mol. The highest BCUT2D eigenvalue weighted by Gasteiger charge is 2.32. The van der Waals surface area contributed by atoms with Crippen molar-refractivity contribution in [1.29, 1.82) is 0 Å². The Kier molecular flexibility index (Phi) is 5.26. The first-order valence-corrected chi connectivity index (χ1v) is 6.65. The molecule has 0 aromatic rings. The third kappa shape index (κ3) is 3.21. The van der Waals surface area contributed by atoms with Crippen LogP contribution in [0.5, 0.6) is 0 Å². The number of nitrogens with two attached hydrogens (primary N) is 1. The van der Waals surface area contributed by atoms with E-state index in [1.54, 1.807) is 0 Å². The van der Waals surface area contributed by atoms with Crippen LogP contribution in [0.3, 0.4) is 0 Å². The van der Waals surface area contributed by atoms with Crippen molar-refractivity contribution >= 4 is 5.91 Å². The summed E-state index contributed by atoms with van der Waals surface area (Å²) in [5, 5.41) is 3.10. The van der Waals surface area contributed by atoms with Crippen molar-refractivity contribution in [1.82, 2.24) is 5.32 Å². The number of rotatable bonds is 6. The van der Waals surface area contributed by atoms with E-state index >= 15 is 0 Å². The van der Waals surface area contributed by atoms with Gasteiger partial charge in [-0.15, -0.1) is 0 Å². The number of carbonyl (C=O) groups is 1. The van der Waals surface area contributed by atoms with Crippen molar-refractivity contribution in [2.24, 2.45) is 17.1 Å². The first kappa shape index (κ1) is 13.5. The molecule has 0 aromatic heterocycles. The largest absolute Gasteiger partial charge is 0.355 e. The van der Waals surface area contributed by atoms with Crippen LogP contribution in [0.15, 0.2) is 0 Å². The maximum atomic E-state index is 11.8. The van der Waals surface area contributed by atoms with Gasteiger partial charge in [0.2, 0.25) is 5.91 Å². The minimum atomic E-state index is -0.00434. The van der Waals surface area contributed by atoms with Crippen LogP contribution in [-0.4, -0.2) is 19.0 Å². The van der Waals surface area contributed by atoms with Crippen LogP contribution < -0.4 is 11.1 Å². The zero-order valence-electron chi connectivity index (χ0n) is 10.7. The Labute approximate surface area is 99.2 Å². The summed E-state index contributed by atoms with van der Waals surface area (Å²) in [6.07, 6.45) is 7.18. The fraction of sp³-hybridized carbons (Fsp3) is 0.923. The highest BCUT2D eigenvalue weighted by molar-refractivity contribution is 5.78. The molecule has 1 amide bonds. The maximum absolute atomic E-state index is 11.8. The van der Waals surface area contributed by atoms with Crippen molar-refractivity contribution in [3.63, 3.8) is 0 Å². The van der Waals surface area contributed by atoms with Crippen LogP contribution in [0.25, 0.3) is 0 Å². The number of hydrogen-bond acceptors (Lipinski definition) is 2. The molecule has 16 heavy (non-hydrogen) atoms. The zero-order valence-corrected chi connectivity index (χ0v) is 10.7. The molecule has 3 heteroatoms. The molecule has 0 saturated heterocycles. The van der Waals surface area contributed by atoms with Crippen LogP contribution in [0.1, 0.15) is 52.4 Å². The van der Waals surface area contributed by atoms with Gasteiger partial charge in [0.05, 0.1) is 0 Å². The smallest absolute Gasteiger partial charge is 0.224 e. The molecular formula is C13H26N2O. The molecule has 1 aliphatic carbocycles. The van der Waals surface area contributed by atoms with Crippen molar-refractivity contribution in [2.45, 2.75) is 52.4 Å². The summed E-state index contributed by atoms with van der Waals surface area (Å²) in [6.45, 7) is 5.56. The second kappa shape index (κ2) is 6.24. The van der Waals surface area contributed by atoms with Crippen molar-refractivity contribution in [3.05, 3.63) is 0 Å². The lowest BCUT2D eigenvalue weighted by atomic mass is 9.83. The van der Waals surface area contributed by atoms with E-state index in [1.165, 1.54) is 32.1 Å². The van der Waals surface area contributed by atoms with Crippen molar-refractivity contribution < 1.29 is 4.79 Å². The van der Waals surface area contributed by atoms with Crippen LogP contribution in [0.4, 0.5) is 0 Å². The summed E-state index contributed by atoms with van der Waals surface area (Å²) in [7, 11) is 0. The van der Waals surface area contributed by atoms with Gasteiger partial charge in [-0.25, -0.2) is 0 Å². The van der Waals surface area contributed by atoms with E-state index < -0.39 is 0 Å². The molecule has 1 saturated carbocycles. The standard InChI is InChI=1S/C13H26N2O/c1-3-11(9-14)12(16)15-10-13(4-2)7-5-6-8-13/h11H,3-10,14H2,1-2H3,(H,15,16). The molecule has 0 aliphatic heterocycles. The fourth-order valence-corrected chi connectivity index (χ4v) is 2.66. The van der Waals surface area contributed by atoms with Crippen LogP contribution >= 0.6 is 0 Å². The Morgan fingerprint density at radius 1 is 1.38 bits per heavy atom. The lowest BCUT2D eigenvalue weighted by Crippen LogP contribution is -2.40. The lowest BCUT2D eigenvalue weighted by Gasteiger charge is -2.28.